The van der Waals surface area contributed by atoms with Crippen LogP contribution < -0.4 is 15.0 Å². The summed E-state index contributed by atoms with van der Waals surface area (Å²) >= 11 is 6.34. The van der Waals surface area contributed by atoms with E-state index in [9.17, 15) is 14.4 Å². The van der Waals surface area contributed by atoms with Crippen molar-refractivity contribution in [2.45, 2.75) is 38.3 Å². The zero-order chi connectivity index (χ0) is 27.7. The number of ether oxygens (including phenoxy) is 1. The molecular weight excluding hydrogens is 512 g/mol. The summed E-state index contributed by atoms with van der Waals surface area (Å²) in [6, 6.07) is 18.4. The quantitative estimate of drug-likeness (QED) is 0.415. The van der Waals surface area contributed by atoms with E-state index in [0.29, 0.717) is 22.0 Å². The van der Waals surface area contributed by atoms with E-state index >= 15 is 0 Å². The standard InChI is InChI=1S/C32H29ClN2O4/c1-31(2,3)29(37)27-26(28(36)18-9-13-21(39-4)14-10-18)32(22-7-5-6-8-23(22)34-30(32)38)25-16-11-19-17-20(33)12-15-24(19)35(25)27/h5-17,25-27H,1-4H3,(H,34,38). The molecule has 1 fully saturated rings. The van der Waals surface area contributed by atoms with Crippen LogP contribution in [0.2, 0.25) is 5.02 Å². The molecule has 1 N–H and O–H groups in total. The topological polar surface area (TPSA) is 75.7 Å². The van der Waals surface area contributed by atoms with Crippen LogP contribution in [0.15, 0.2) is 72.8 Å². The van der Waals surface area contributed by atoms with Crippen molar-refractivity contribution in [1.82, 2.24) is 0 Å². The Kier molecular flexibility index (Phi) is 5.74. The first kappa shape index (κ1) is 25.4. The maximum atomic E-state index is 14.7. The molecule has 3 aliphatic rings. The molecule has 3 aromatic carbocycles. The molecule has 3 aliphatic heterocycles. The summed E-state index contributed by atoms with van der Waals surface area (Å²) in [5.41, 5.74) is 1.32. The number of nitrogens with one attached hydrogen (secondary N) is 1. The Balaban J connectivity index is 1.66. The number of hydrogen-bond acceptors (Lipinski definition) is 5. The molecule has 1 saturated heterocycles. The molecule has 7 heteroatoms. The number of ketones is 2. The van der Waals surface area contributed by atoms with Crippen molar-refractivity contribution < 1.29 is 19.1 Å². The van der Waals surface area contributed by atoms with E-state index in [1.807, 2.05) is 74.2 Å². The predicted molar refractivity (Wildman–Crippen MR) is 153 cm³/mol. The molecule has 0 saturated carbocycles. The maximum Gasteiger partial charge on any atom is 0.238 e. The van der Waals surface area contributed by atoms with E-state index in [0.717, 1.165) is 16.8 Å². The Bertz CT molecular complexity index is 1560. The van der Waals surface area contributed by atoms with Gasteiger partial charge in [-0.3, -0.25) is 14.4 Å². The fourth-order valence-electron chi connectivity index (χ4n) is 6.53. The summed E-state index contributed by atoms with van der Waals surface area (Å²) in [4.78, 5) is 45.3. The van der Waals surface area contributed by atoms with Crippen molar-refractivity contribution in [1.29, 1.82) is 0 Å². The third-order valence-corrected chi connectivity index (χ3v) is 8.49. The largest absolute Gasteiger partial charge is 0.497 e. The van der Waals surface area contributed by atoms with Crippen LogP contribution in [-0.4, -0.2) is 36.7 Å². The number of methoxy groups -OCH3 is 1. The number of benzene rings is 3. The smallest absolute Gasteiger partial charge is 0.238 e. The zero-order valence-electron chi connectivity index (χ0n) is 22.2. The molecule has 4 unspecified atom stereocenters. The monoisotopic (exact) mass is 540 g/mol. The molecule has 198 valence electrons. The van der Waals surface area contributed by atoms with E-state index in [1.54, 1.807) is 37.4 Å². The van der Waals surface area contributed by atoms with Crippen molar-refractivity contribution in [3.05, 3.63) is 94.5 Å². The average Bonchev–Trinajstić information content (AvgIpc) is 3.39. The number of halogens is 1. The Hall–Kier alpha value is -3.90. The Labute approximate surface area is 232 Å². The maximum absolute atomic E-state index is 14.7. The number of Topliss-reactive ketones (excluding diaryl/α,β-unsaturated/α-hetero) is 2. The second-order valence-electron chi connectivity index (χ2n) is 11.4. The normalized spacial score (nSPS) is 24.7. The molecule has 4 atom stereocenters. The zero-order valence-corrected chi connectivity index (χ0v) is 23.0. The first-order valence-corrected chi connectivity index (χ1v) is 13.4. The van der Waals surface area contributed by atoms with Gasteiger partial charge < -0.3 is 15.0 Å². The number of hydrogen-bond donors (Lipinski definition) is 1. The van der Waals surface area contributed by atoms with Crippen molar-refractivity contribution in [2.75, 3.05) is 17.3 Å². The molecule has 6 rings (SSSR count). The van der Waals surface area contributed by atoms with Gasteiger partial charge in [0, 0.05) is 27.4 Å². The number of anilines is 2. The number of amides is 1. The van der Waals surface area contributed by atoms with Gasteiger partial charge in [0.2, 0.25) is 5.91 Å². The van der Waals surface area contributed by atoms with E-state index < -0.39 is 28.8 Å². The highest BCUT2D eigenvalue weighted by molar-refractivity contribution is 6.31. The molecule has 3 aromatic rings. The summed E-state index contributed by atoms with van der Waals surface area (Å²) < 4.78 is 5.30. The van der Waals surface area contributed by atoms with Gasteiger partial charge in [0.25, 0.3) is 0 Å². The lowest BCUT2D eigenvalue weighted by Gasteiger charge is -2.38. The first-order valence-electron chi connectivity index (χ1n) is 13.0. The second-order valence-corrected chi connectivity index (χ2v) is 11.8. The van der Waals surface area contributed by atoms with Crippen LogP contribution in [0.3, 0.4) is 0 Å². The van der Waals surface area contributed by atoms with Crippen molar-refractivity contribution >= 4 is 46.5 Å². The van der Waals surface area contributed by atoms with Crippen LogP contribution in [-0.2, 0) is 15.0 Å². The van der Waals surface area contributed by atoms with Crippen LogP contribution in [0.4, 0.5) is 11.4 Å². The molecule has 0 bridgehead atoms. The van der Waals surface area contributed by atoms with Gasteiger partial charge in [0.15, 0.2) is 11.6 Å². The van der Waals surface area contributed by atoms with Crippen LogP contribution in [0, 0.1) is 11.3 Å². The SMILES string of the molecule is COc1ccc(C(=O)C2C(C(=O)C(C)(C)C)N3c4ccc(Cl)cc4C=CC3C23C(=O)Nc2ccccc23)cc1. The number of rotatable bonds is 4. The third-order valence-electron chi connectivity index (χ3n) is 8.26. The van der Waals surface area contributed by atoms with Gasteiger partial charge in [0.05, 0.1) is 19.1 Å². The van der Waals surface area contributed by atoms with Crippen LogP contribution in [0.25, 0.3) is 6.08 Å². The van der Waals surface area contributed by atoms with Crippen LogP contribution >= 0.6 is 11.6 Å². The molecule has 1 spiro atoms. The highest BCUT2D eigenvalue weighted by Gasteiger charge is 2.70. The van der Waals surface area contributed by atoms with E-state index in [1.165, 1.54) is 0 Å². The van der Waals surface area contributed by atoms with Gasteiger partial charge in [0.1, 0.15) is 17.2 Å². The minimum atomic E-state index is -1.33. The predicted octanol–water partition coefficient (Wildman–Crippen LogP) is 5.94. The van der Waals surface area contributed by atoms with E-state index in [2.05, 4.69) is 5.32 Å². The van der Waals surface area contributed by atoms with Crippen LogP contribution in [0.1, 0.15) is 42.3 Å². The summed E-state index contributed by atoms with van der Waals surface area (Å²) in [5, 5.41) is 3.61. The highest BCUT2D eigenvalue weighted by Crippen LogP contribution is 2.58. The number of carbonyl (C=O) groups excluding carboxylic acids is 3. The van der Waals surface area contributed by atoms with Gasteiger partial charge in [-0.1, -0.05) is 62.7 Å². The van der Waals surface area contributed by atoms with E-state index in [4.69, 9.17) is 16.3 Å². The van der Waals surface area contributed by atoms with E-state index in [-0.39, 0.29) is 17.5 Å². The number of para-hydroxylation sites is 1. The summed E-state index contributed by atoms with van der Waals surface area (Å²) in [6.45, 7) is 5.57. The first-order chi connectivity index (χ1) is 18.6. The Morgan fingerprint density at radius 2 is 1.74 bits per heavy atom. The highest BCUT2D eigenvalue weighted by atomic mass is 35.5. The Morgan fingerprint density at radius 1 is 1.03 bits per heavy atom. The molecule has 6 nitrogen and oxygen atoms in total. The van der Waals surface area contributed by atoms with Gasteiger partial charge >= 0.3 is 0 Å². The fraction of sp³-hybridized carbons (Fsp3) is 0.281. The lowest BCUT2D eigenvalue weighted by atomic mass is 9.63. The van der Waals surface area contributed by atoms with Crippen molar-refractivity contribution in [3.8, 4) is 5.75 Å². The second kappa shape index (κ2) is 8.82. The fourth-order valence-corrected chi connectivity index (χ4v) is 6.71. The summed E-state index contributed by atoms with van der Waals surface area (Å²) in [6.07, 6.45) is 3.89. The molecule has 0 aromatic heterocycles. The molecule has 3 heterocycles. The summed E-state index contributed by atoms with van der Waals surface area (Å²) in [7, 11) is 1.56. The van der Waals surface area contributed by atoms with Gasteiger partial charge in [-0.15, -0.1) is 0 Å². The molecule has 39 heavy (non-hydrogen) atoms. The van der Waals surface area contributed by atoms with Crippen molar-refractivity contribution in [3.63, 3.8) is 0 Å². The van der Waals surface area contributed by atoms with Gasteiger partial charge in [-0.25, -0.2) is 0 Å². The Morgan fingerprint density at radius 3 is 2.44 bits per heavy atom. The number of fused-ring (bicyclic) bond motifs is 6. The third kappa shape index (κ3) is 3.58. The molecular formula is C32H29ClN2O4. The van der Waals surface area contributed by atoms with Gasteiger partial charge in [-0.2, -0.15) is 0 Å². The molecule has 0 radical (unpaired) electrons. The number of nitrogens with zero attached hydrogens (tertiary/aromatic N) is 1. The van der Waals surface area contributed by atoms with Gasteiger partial charge in [-0.05, 0) is 59.7 Å². The van der Waals surface area contributed by atoms with Crippen LogP contribution in [0.5, 0.6) is 5.75 Å². The molecule has 1 amide bonds. The molecule has 0 aliphatic carbocycles. The lowest BCUT2D eigenvalue weighted by Crippen LogP contribution is -2.51. The lowest BCUT2D eigenvalue weighted by molar-refractivity contribution is -0.128. The van der Waals surface area contributed by atoms with Crippen molar-refractivity contribution in [2.24, 2.45) is 11.3 Å². The minimum absolute atomic E-state index is 0.107. The summed E-state index contributed by atoms with van der Waals surface area (Å²) in [5.74, 6) is -1.02. The average molecular weight is 541 g/mol. The minimum Gasteiger partial charge on any atom is -0.497 e. The number of carbonyl (C=O) groups is 3.